The van der Waals surface area contributed by atoms with Gasteiger partial charge in [0.25, 0.3) is 0 Å². The molecule has 1 aliphatic rings. The Labute approximate surface area is 124 Å². The quantitative estimate of drug-likeness (QED) is 0.922. The van der Waals surface area contributed by atoms with Crippen LogP contribution in [0.2, 0.25) is 0 Å². The average molecular weight is 327 g/mol. The van der Waals surface area contributed by atoms with E-state index in [4.69, 9.17) is 10.5 Å². The number of halogens is 1. The monoisotopic (exact) mass is 326 g/mol. The zero-order valence-electron chi connectivity index (χ0n) is 11.7. The van der Waals surface area contributed by atoms with Crippen LogP contribution in [0.25, 0.3) is 0 Å². The van der Waals surface area contributed by atoms with Crippen LogP contribution >= 0.6 is 15.9 Å². The van der Waals surface area contributed by atoms with Crippen molar-refractivity contribution in [2.24, 2.45) is 11.7 Å². The van der Waals surface area contributed by atoms with Crippen molar-refractivity contribution >= 4 is 21.6 Å². The Morgan fingerprint density at radius 2 is 2.11 bits per heavy atom. The summed E-state index contributed by atoms with van der Waals surface area (Å²) >= 11 is 3.56. The Morgan fingerprint density at radius 1 is 1.42 bits per heavy atom. The predicted molar refractivity (Wildman–Crippen MR) is 83.6 cm³/mol. The molecule has 2 rings (SSSR count). The van der Waals surface area contributed by atoms with E-state index in [1.54, 1.807) is 7.11 Å². The SMILES string of the molecule is COCC1CCN(c2cc(Br)ccc2C(C)N)CC1. The van der Waals surface area contributed by atoms with E-state index in [1.807, 2.05) is 6.92 Å². The summed E-state index contributed by atoms with van der Waals surface area (Å²) in [5, 5.41) is 0. The highest BCUT2D eigenvalue weighted by Gasteiger charge is 2.21. The molecule has 1 fully saturated rings. The third kappa shape index (κ3) is 3.71. The summed E-state index contributed by atoms with van der Waals surface area (Å²) in [5.74, 6) is 0.701. The molecular weight excluding hydrogens is 304 g/mol. The van der Waals surface area contributed by atoms with Crippen LogP contribution in [0.4, 0.5) is 5.69 Å². The van der Waals surface area contributed by atoms with Gasteiger partial charge in [-0.2, -0.15) is 0 Å². The highest BCUT2D eigenvalue weighted by molar-refractivity contribution is 9.10. The van der Waals surface area contributed by atoms with Crippen molar-refractivity contribution in [1.82, 2.24) is 0 Å². The van der Waals surface area contributed by atoms with E-state index in [9.17, 15) is 0 Å². The van der Waals surface area contributed by atoms with E-state index < -0.39 is 0 Å². The molecule has 0 amide bonds. The third-order valence-corrected chi connectivity index (χ3v) is 4.33. The standard InChI is InChI=1S/C15H23BrN2O/c1-11(17)14-4-3-13(16)9-15(14)18-7-5-12(6-8-18)10-19-2/h3-4,9,11-12H,5-8,10,17H2,1-2H3. The number of ether oxygens (including phenoxy) is 1. The van der Waals surface area contributed by atoms with Gasteiger partial charge in [0.15, 0.2) is 0 Å². The zero-order chi connectivity index (χ0) is 13.8. The summed E-state index contributed by atoms with van der Waals surface area (Å²) in [6, 6.07) is 6.46. The van der Waals surface area contributed by atoms with Gasteiger partial charge >= 0.3 is 0 Å². The van der Waals surface area contributed by atoms with Gasteiger partial charge < -0.3 is 15.4 Å². The lowest BCUT2D eigenvalue weighted by atomic mass is 9.96. The molecule has 1 unspecified atom stereocenters. The van der Waals surface area contributed by atoms with Gasteiger partial charge in [-0.3, -0.25) is 0 Å². The molecule has 0 bridgehead atoms. The van der Waals surface area contributed by atoms with Crippen LogP contribution in [0.1, 0.15) is 31.4 Å². The maximum atomic E-state index is 6.08. The lowest BCUT2D eigenvalue weighted by molar-refractivity contribution is 0.139. The van der Waals surface area contributed by atoms with Gasteiger partial charge in [0, 0.05) is 43.0 Å². The molecule has 1 atom stereocenters. The van der Waals surface area contributed by atoms with Gasteiger partial charge in [0.05, 0.1) is 0 Å². The Hall–Kier alpha value is -0.580. The Balaban J connectivity index is 2.12. The fraction of sp³-hybridized carbons (Fsp3) is 0.600. The van der Waals surface area contributed by atoms with Crippen molar-refractivity contribution in [2.75, 3.05) is 31.7 Å². The van der Waals surface area contributed by atoms with Gasteiger partial charge in [0.1, 0.15) is 0 Å². The van der Waals surface area contributed by atoms with Crippen molar-refractivity contribution < 1.29 is 4.74 Å². The fourth-order valence-electron chi connectivity index (χ4n) is 2.75. The van der Waals surface area contributed by atoms with Crippen LogP contribution < -0.4 is 10.6 Å². The first kappa shape index (κ1) is 14.8. The second-order valence-corrected chi connectivity index (χ2v) is 6.29. The Bertz CT molecular complexity index is 415. The van der Waals surface area contributed by atoms with Crippen molar-refractivity contribution in [2.45, 2.75) is 25.8 Å². The van der Waals surface area contributed by atoms with Gasteiger partial charge in [-0.25, -0.2) is 0 Å². The molecule has 3 nitrogen and oxygen atoms in total. The van der Waals surface area contributed by atoms with Crippen molar-refractivity contribution in [1.29, 1.82) is 0 Å². The molecule has 1 aromatic rings. The number of anilines is 1. The summed E-state index contributed by atoms with van der Waals surface area (Å²) in [5.41, 5.74) is 8.59. The van der Waals surface area contributed by atoms with E-state index in [0.717, 1.165) is 24.2 Å². The maximum absolute atomic E-state index is 6.08. The first-order valence-electron chi connectivity index (χ1n) is 6.90. The molecule has 2 N–H and O–H groups in total. The van der Waals surface area contributed by atoms with E-state index in [1.165, 1.54) is 24.1 Å². The number of nitrogens with two attached hydrogens (primary N) is 1. The van der Waals surface area contributed by atoms with Crippen LogP contribution in [0, 0.1) is 5.92 Å². The first-order chi connectivity index (χ1) is 9.11. The van der Waals surface area contributed by atoms with Crippen LogP contribution in [0.15, 0.2) is 22.7 Å². The van der Waals surface area contributed by atoms with Crippen molar-refractivity contribution in [3.63, 3.8) is 0 Å². The topological polar surface area (TPSA) is 38.5 Å². The molecule has 0 radical (unpaired) electrons. The highest BCUT2D eigenvalue weighted by Crippen LogP contribution is 2.31. The van der Waals surface area contributed by atoms with Crippen LogP contribution in [0.5, 0.6) is 0 Å². The largest absolute Gasteiger partial charge is 0.384 e. The maximum Gasteiger partial charge on any atom is 0.0491 e. The van der Waals surface area contributed by atoms with E-state index in [-0.39, 0.29) is 6.04 Å². The Morgan fingerprint density at radius 3 is 2.68 bits per heavy atom. The van der Waals surface area contributed by atoms with Gasteiger partial charge in [-0.1, -0.05) is 22.0 Å². The predicted octanol–water partition coefficient (Wildman–Crippen LogP) is 3.33. The number of rotatable bonds is 4. The molecule has 0 spiro atoms. The minimum atomic E-state index is 0.0693. The smallest absolute Gasteiger partial charge is 0.0491 e. The van der Waals surface area contributed by atoms with Crippen LogP contribution in [0.3, 0.4) is 0 Å². The van der Waals surface area contributed by atoms with E-state index >= 15 is 0 Å². The number of nitrogens with zero attached hydrogens (tertiary/aromatic N) is 1. The molecule has 0 aliphatic carbocycles. The number of hydrogen-bond donors (Lipinski definition) is 1. The third-order valence-electron chi connectivity index (χ3n) is 3.84. The average Bonchev–Trinajstić information content (AvgIpc) is 2.39. The molecule has 106 valence electrons. The van der Waals surface area contributed by atoms with Crippen molar-refractivity contribution in [3.8, 4) is 0 Å². The summed E-state index contributed by atoms with van der Waals surface area (Å²) < 4.78 is 6.37. The van der Waals surface area contributed by atoms with Crippen LogP contribution in [-0.2, 0) is 4.74 Å². The molecular formula is C15H23BrN2O. The minimum absolute atomic E-state index is 0.0693. The molecule has 1 aliphatic heterocycles. The molecule has 1 heterocycles. The lowest BCUT2D eigenvalue weighted by Crippen LogP contribution is -2.36. The molecule has 1 saturated heterocycles. The number of benzene rings is 1. The summed E-state index contributed by atoms with van der Waals surface area (Å²) in [6.07, 6.45) is 2.39. The van der Waals surface area contributed by atoms with Gasteiger partial charge in [-0.15, -0.1) is 0 Å². The zero-order valence-corrected chi connectivity index (χ0v) is 13.3. The van der Waals surface area contributed by atoms with Gasteiger partial charge in [0.2, 0.25) is 0 Å². The normalized spacial score (nSPS) is 18.6. The minimum Gasteiger partial charge on any atom is -0.384 e. The summed E-state index contributed by atoms with van der Waals surface area (Å²) in [6.45, 7) is 5.10. The second kappa shape index (κ2) is 6.73. The lowest BCUT2D eigenvalue weighted by Gasteiger charge is -2.35. The number of methoxy groups -OCH3 is 1. The van der Waals surface area contributed by atoms with Crippen LogP contribution in [-0.4, -0.2) is 26.8 Å². The summed E-state index contributed by atoms with van der Waals surface area (Å²) in [7, 11) is 1.79. The molecule has 19 heavy (non-hydrogen) atoms. The first-order valence-corrected chi connectivity index (χ1v) is 7.70. The Kier molecular flexibility index (Phi) is 5.25. The number of piperidine rings is 1. The van der Waals surface area contributed by atoms with E-state index in [2.05, 4.69) is 39.0 Å². The molecule has 0 aromatic heterocycles. The number of hydrogen-bond acceptors (Lipinski definition) is 3. The molecule has 4 heteroatoms. The van der Waals surface area contributed by atoms with Crippen molar-refractivity contribution in [3.05, 3.63) is 28.2 Å². The second-order valence-electron chi connectivity index (χ2n) is 5.38. The van der Waals surface area contributed by atoms with Gasteiger partial charge in [-0.05, 0) is 43.4 Å². The highest BCUT2D eigenvalue weighted by atomic mass is 79.9. The summed E-state index contributed by atoms with van der Waals surface area (Å²) in [4.78, 5) is 2.45. The molecule has 1 aromatic carbocycles. The fourth-order valence-corrected chi connectivity index (χ4v) is 3.10. The molecule has 0 saturated carbocycles. The van der Waals surface area contributed by atoms with E-state index in [0.29, 0.717) is 5.92 Å².